The maximum atomic E-state index is 12.1. The second-order valence-corrected chi connectivity index (χ2v) is 5.82. The predicted molar refractivity (Wildman–Crippen MR) is 69.8 cm³/mol. The number of carbonyl (C=O) groups is 1. The Morgan fingerprint density at radius 1 is 1.18 bits per heavy atom. The van der Waals surface area contributed by atoms with Gasteiger partial charge >= 0.3 is 0 Å². The molecule has 17 heavy (non-hydrogen) atoms. The van der Waals surface area contributed by atoms with Crippen molar-refractivity contribution in [3.8, 4) is 0 Å². The zero-order chi connectivity index (χ0) is 12.3. The Morgan fingerprint density at radius 2 is 1.82 bits per heavy atom. The first-order valence-corrected chi connectivity index (χ1v) is 7.17. The lowest BCUT2D eigenvalue weighted by molar-refractivity contribution is -0.134. The highest BCUT2D eigenvalue weighted by atomic mass is 16.2. The van der Waals surface area contributed by atoms with Crippen LogP contribution in [-0.2, 0) is 4.79 Å². The molecule has 2 rings (SSSR count). The summed E-state index contributed by atoms with van der Waals surface area (Å²) in [6.45, 7) is 4.34. The van der Waals surface area contributed by atoms with Gasteiger partial charge in [0.05, 0.1) is 0 Å². The molecule has 0 radical (unpaired) electrons. The van der Waals surface area contributed by atoms with Gasteiger partial charge in [-0.3, -0.25) is 4.79 Å². The van der Waals surface area contributed by atoms with Gasteiger partial charge in [0.25, 0.3) is 0 Å². The van der Waals surface area contributed by atoms with Gasteiger partial charge < -0.3 is 10.2 Å². The van der Waals surface area contributed by atoms with E-state index in [2.05, 4.69) is 12.2 Å². The zero-order valence-electron chi connectivity index (χ0n) is 11.2. The summed E-state index contributed by atoms with van der Waals surface area (Å²) in [4.78, 5) is 14.1. The van der Waals surface area contributed by atoms with Crippen LogP contribution in [0.5, 0.6) is 0 Å². The number of hydrogen-bond donors (Lipinski definition) is 1. The fraction of sp³-hybridized carbons (Fsp3) is 0.929. The van der Waals surface area contributed by atoms with Crippen LogP contribution < -0.4 is 5.32 Å². The van der Waals surface area contributed by atoms with Gasteiger partial charge in [0.15, 0.2) is 0 Å². The van der Waals surface area contributed by atoms with E-state index in [-0.39, 0.29) is 0 Å². The fourth-order valence-corrected chi connectivity index (χ4v) is 3.03. The summed E-state index contributed by atoms with van der Waals surface area (Å²) in [6, 6.07) is 0.512. The Hall–Kier alpha value is -0.570. The first-order chi connectivity index (χ1) is 8.20. The van der Waals surface area contributed by atoms with Gasteiger partial charge in [-0.15, -0.1) is 0 Å². The van der Waals surface area contributed by atoms with E-state index in [1.54, 1.807) is 0 Å². The zero-order valence-corrected chi connectivity index (χ0v) is 11.2. The molecule has 0 bridgehead atoms. The van der Waals surface area contributed by atoms with Gasteiger partial charge in [-0.2, -0.15) is 0 Å². The molecule has 1 amide bonds. The van der Waals surface area contributed by atoms with Crippen molar-refractivity contribution >= 4 is 5.91 Å². The van der Waals surface area contributed by atoms with Gasteiger partial charge in [0, 0.05) is 19.5 Å². The number of nitrogens with zero attached hydrogens (tertiary/aromatic N) is 1. The number of amides is 1. The molecule has 3 nitrogen and oxygen atoms in total. The molecule has 1 saturated heterocycles. The third-order valence-corrected chi connectivity index (χ3v) is 4.66. The summed E-state index contributed by atoms with van der Waals surface area (Å²) in [5.41, 5.74) is 0. The van der Waals surface area contributed by atoms with E-state index in [4.69, 9.17) is 0 Å². The minimum absolute atomic E-state index is 0.358. The summed E-state index contributed by atoms with van der Waals surface area (Å²) >= 11 is 0. The normalized spacial score (nSPS) is 29.8. The lowest BCUT2D eigenvalue weighted by Crippen LogP contribution is -2.46. The molecule has 1 N–H and O–H groups in total. The van der Waals surface area contributed by atoms with Crippen LogP contribution in [-0.4, -0.2) is 37.0 Å². The highest BCUT2D eigenvalue weighted by Gasteiger charge is 2.28. The summed E-state index contributed by atoms with van der Waals surface area (Å²) in [5.74, 6) is 1.86. The predicted octanol–water partition coefficient (Wildman–Crippen LogP) is 2.02. The van der Waals surface area contributed by atoms with Crippen LogP contribution in [0.3, 0.4) is 0 Å². The molecular weight excluding hydrogens is 212 g/mol. The van der Waals surface area contributed by atoms with E-state index < -0.39 is 0 Å². The summed E-state index contributed by atoms with van der Waals surface area (Å²) in [5, 5.41) is 3.23. The maximum Gasteiger partial charge on any atom is 0.222 e. The summed E-state index contributed by atoms with van der Waals surface area (Å²) < 4.78 is 0. The molecule has 3 heteroatoms. The van der Waals surface area contributed by atoms with Crippen molar-refractivity contribution in [3.63, 3.8) is 0 Å². The van der Waals surface area contributed by atoms with E-state index in [1.807, 2.05) is 11.9 Å². The molecule has 2 aliphatic rings. The fourth-order valence-electron chi connectivity index (χ4n) is 3.03. The van der Waals surface area contributed by atoms with E-state index in [1.165, 1.54) is 32.1 Å². The highest BCUT2D eigenvalue weighted by Crippen LogP contribution is 2.29. The number of hydrogen-bond acceptors (Lipinski definition) is 2. The average molecular weight is 238 g/mol. The largest absolute Gasteiger partial charge is 0.343 e. The molecule has 0 atom stereocenters. The monoisotopic (exact) mass is 238 g/mol. The van der Waals surface area contributed by atoms with E-state index in [0.717, 1.165) is 25.4 Å². The molecule has 0 aromatic heterocycles. The minimum Gasteiger partial charge on any atom is -0.343 e. The topological polar surface area (TPSA) is 32.3 Å². The van der Waals surface area contributed by atoms with Crippen molar-refractivity contribution in [2.45, 2.75) is 51.5 Å². The molecule has 1 heterocycles. The van der Waals surface area contributed by atoms with Gasteiger partial charge in [-0.25, -0.2) is 0 Å². The quantitative estimate of drug-likeness (QED) is 0.812. The molecule has 1 aliphatic carbocycles. The molecule has 0 spiro atoms. The second-order valence-electron chi connectivity index (χ2n) is 5.82. The van der Waals surface area contributed by atoms with Crippen molar-refractivity contribution in [1.82, 2.24) is 10.2 Å². The molecule has 1 aliphatic heterocycles. The maximum absolute atomic E-state index is 12.1. The SMILES string of the molecule is CCC1CCC(N(C)C(=O)CC2CNC2)CC1. The van der Waals surface area contributed by atoms with Crippen LogP contribution in [0, 0.1) is 11.8 Å². The Labute approximate surface area is 105 Å². The third-order valence-electron chi connectivity index (χ3n) is 4.66. The minimum atomic E-state index is 0.358. The lowest BCUT2D eigenvalue weighted by atomic mass is 9.84. The van der Waals surface area contributed by atoms with Gasteiger partial charge in [-0.05, 0) is 50.6 Å². The third kappa shape index (κ3) is 3.21. The van der Waals surface area contributed by atoms with Gasteiger partial charge in [0.2, 0.25) is 5.91 Å². The first-order valence-electron chi connectivity index (χ1n) is 7.17. The smallest absolute Gasteiger partial charge is 0.222 e. The first kappa shape index (κ1) is 12.9. The number of carbonyl (C=O) groups excluding carboxylic acids is 1. The summed E-state index contributed by atoms with van der Waals surface area (Å²) in [6.07, 6.45) is 7.09. The van der Waals surface area contributed by atoms with Crippen molar-refractivity contribution < 1.29 is 4.79 Å². The van der Waals surface area contributed by atoms with Gasteiger partial charge in [-0.1, -0.05) is 13.3 Å². The number of rotatable bonds is 4. The van der Waals surface area contributed by atoms with Crippen LogP contribution in [0.4, 0.5) is 0 Å². The van der Waals surface area contributed by atoms with Crippen LogP contribution >= 0.6 is 0 Å². The Kier molecular flexibility index (Phi) is 4.43. The van der Waals surface area contributed by atoms with Crippen molar-refractivity contribution in [3.05, 3.63) is 0 Å². The lowest BCUT2D eigenvalue weighted by Gasteiger charge is -2.36. The standard InChI is InChI=1S/C14H26N2O/c1-3-11-4-6-13(7-5-11)16(2)14(17)8-12-9-15-10-12/h11-13,15H,3-10H2,1-2H3. The molecule has 1 saturated carbocycles. The summed E-state index contributed by atoms with van der Waals surface area (Å²) in [7, 11) is 2.01. The van der Waals surface area contributed by atoms with Crippen LogP contribution in [0.25, 0.3) is 0 Å². The Bertz CT molecular complexity index is 255. The molecular formula is C14H26N2O. The second kappa shape index (κ2) is 5.85. The van der Waals surface area contributed by atoms with Gasteiger partial charge in [0.1, 0.15) is 0 Å². The molecule has 2 fully saturated rings. The highest BCUT2D eigenvalue weighted by molar-refractivity contribution is 5.76. The molecule has 0 unspecified atom stereocenters. The van der Waals surface area contributed by atoms with Crippen molar-refractivity contribution in [1.29, 1.82) is 0 Å². The van der Waals surface area contributed by atoms with Crippen LogP contribution in [0.2, 0.25) is 0 Å². The number of nitrogens with one attached hydrogen (secondary N) is 1. The van der Waals surface area contributed by atoms with E-state index in [0.29, 0.717) is 17.9 Å². The van der Waals surface area contributed by atoms with E-state index >= 15 is 0 Å². The van der Waals surface area contributed by atoms with Crippen molar-refractivity contribution in [2.75, 3.05) is 20.1 Å². The Balaban J connectivity index is 1.75. The molecule has 0 aromatic rings. The van der Waals surface area contributed by atoms with Crippen LogP contribution in [0.15, 0.2) is 0 Å². The van der Waals surface area contributed by atoms with Crippen LogP contribution in [0.1, 0.15) is 45.4 Å². The Morgan fingerprint density at radius 3 is 2.29 bits per heavy atom. The molecule has 98 valence electrons. The van der Waals surface area contributed by atoms with Crippen molar-refractivity contribution in [2.24, 2.45) is 11.8 Å². The molecule has 0 aromatic carbocycles. The average Bonchev–Trinajstić information content (AvgIpc) is 2.32. The van der Waals surface area contributed by atoms with E-state index in [9.17, 15) is 4.79 Å².